The zero-order valence-corrected chi connectivity index (χ0v) is 10.3. The Morgan fingerprint density at radius 3 is 2.76 bits per heavy atom. The van der Waals surface area contributed by atoms with Gasteiger partial charge in [0.05, 0.1) is 4.90 Å². The van der Waals surface area contributed by atoms with E-state index < -0.39 is 15.8 Å². The number of benzene rings is 1. The summed E-state index contributed by atoms with van der Waals surface area (Å²) in [5, 5.41) is 7.27. The van der Waals surface area contributed by atoms with Crippen LogP contribution in [0.2, 0.25) is 0 Å². The summed E-state index contributed by atoms with van der Waals surface area (Å²) in [7, 11) is -3.74. The summed E-state index contributed by atoms with van der Waals surface area (Å²) >= 11 is 1.07. The van der Waals surface area contributed by atoms with Crippen molar-refractivity contribution in [2.75, 3.05) is 4.72 Å². The maximum absolute atomic E-state index is 12.9. The number of hydrogen-bond donors (Lipinski definition) is 1. The highest BCUT2D eigenvalue weighted by Gasteiger charge is 2.18. The highest BCUT2D eigenvalue weighted by molar-refractivity contribution is 7.93. The second-order valence-corrected chi connectivity index (χ2v) is 5.74. The maximum atomic E-state index is 12.9. The van der Waals surface area contributed by atoms with E-state index in [1.165, 1.54) is 18.5 Å². The smallest absolute Gasteiger partial charge is 0.253 e. The summed E-state index contributed by atoms with van der Waals surface area (Å²) in [4.78, 5) is 0.0223. The number of sulfonamides is 1. The van der Waals surface area contributed by atoms with Crippen LogP contribution in [0, 0.1) is 12.7 Å². The first-order chi connectivity index (χ1) is 7.99. The fourth-order valence-corrected chi connectivity index (χ4v) is 3.22. The Hall–Kier alpha value is -1.54. The molecule has 90 valence electrons. The van der Waals surface area contributed by atoms with E-state index in [9.17, 15) is 12.8 Å². The zero-order valence-electron chi connectivity index (χ0n) is 8.71. The van der Waals surface area contributed by atoms with Crippen LogP contribution in [0.25, 0.3) is 0 Å². The van der Waals surface area contributed by atoms with Crippen molar-refractivity contribution >= 4 is 26.5 Å². The molecule has 17 heavy (non-hydrogen) atoms. The van der Waals surface area contributed by atoms with Crippen LogP contribution >= 0.6 is 11.3 Å². The van der Waals surface area contributed by atoms with Crippen LogP contribution in [0.4, 0.5) is 9.52 Å². The number of hydrogen-bond acceptors (Lipinski definition) is 5. The van der Waals surface area contributed by atoms with Crippen LogP contribution in [0.5, 0.6) is 0 Å². The molecule has 0 aliphatic carbocycles. The van der Waals surface area contributed by atoms with Gasteiger partial charge in [0.1, 0.15) is 11.3 Å². The van der Waals surface area contributed by atoms with Crippen molar-refractivity contribution in [2.45, 2.75) is 11.8 Å². The van der Waals surface area contributed by atoms with Gasteiger partial charge in [0.15, 0.2) is 0 Å². The Labute approximate surface area is 101 Å². The van der Waals surface area contributed by atoms with Crippen molar-refractivity contribution in [3.05, 3.63) is 35.1 Å². The third-order valence-electron chi connectivity index (χ3n) is 2.01. The molecule has 0 saturated heterocycles. The Balaban J connectivity index is 2.38. The largest absolute Gasteiger partial charge is 0.263 e. The van der Waals surface area contributed by atoms with Gasteiger partial charge in [0.2, 0.25) is 5.13 Å². The van der Waals surface area contributed by atoms with Crippen molar-refractivity contribution < 1.29 is 12.8 Å². The standard InChI is InChI=1S/C9H8FN3O2S2/c1-6-4-7(10)2-3-8(6)17(14,15)13-9-12-11-5-16-9/h2-5H,1H3,(H,12,13). The average Bonchev–Trinajstić information content (AvgIpc) is 2.68. The number of anilines is 1. The summed E-state index contributed by atoms with van der Waals surface area (Å²) in [6.07, 6.45) is 0. The summed E-state index contributed by atoms with van der Waals surface area (Å²) in [5.41, 5.74) is 1.75. The zero-order chi connectivity index (χ0) is 12.5. The van der Waals surface area contributed by atoms with Gasteiger partial charge in [-0.05, 0) is 30.7 Å². The van der Waals surface area contributed by atoms with Crippen molar-refractivity contribution in [3.63, 3.8) is 0 Å². The number of rotatable bonds is 3. The third-order valence-corrected chi connectivity index (χ3v) is 4.24. The molecule has 0 bridgehead atoms. The van der Waals surface area contributed by atoms with Gasteiger partial charge in [-0.1, -0.05) is 11.3 Å². The van der Waals surface area contributed by atoms with E-state index in [4.69, 9.17) is 0 Å². The molecule has 0 fully saturated rings. The van der Waals surface area contributed by atoms with E-state index in [2.05, 4.69) is 14.9 Å². The van der Waals surface area contributed by atoms with Gasteiger partial charge in [-0.2, -0.15) is 0 Å². The summed E-state index contributed by atoms with van der Waals surface area (Å²) in [6.45, 7) is 1.53. The maximum Gasteiger partial charge on any atom is 0.263 e. The molecule has 1 aromatic heterocycles. The van der Waals surface area contributed by atoms with E-state index in [0.29, 0.717) is 5.56 Å². The van der Waals surface area contributed by atoms with Gasteiger partial charge >= 0.3 is 0 Å². The lowest BCUT2D eigenvalue weighted by Gasteiger charge is -2.07. The monoisotopic (exact) mass is 273 g/mol. The molecule has 0 aliphatic rings. The van der Waals surface area contributed by atoms with E-state index in [0.717, 1.165) is 23.5 Å². The quantitative estimate of drug-likeness (QED) is 0.925. The molecule has 0 atom stereocenters. The molecule has 2 rings (SSSR count). The highest BCUT2D eigenvalue weighted by Crippen LogP contribution is 2.20. The number of aromatic nitrogens is 2. The first-order valence-corrected chi connectivity index (χ1v) is 6.90. The minimum Gasteiger partial charge on any atom is -0.253 e. The Bertz CT molecular complexity index is 626. The molecule has 0 spiro atoms. The van der Waals surface area contributed by atoms with Gasteiger partial charge in [-0.15, -0.1) is 10.2 Å². The molecular formula is C9H8FN3O2S2. The SMILES string of the molecule is Cc1cc(F)ccc1S(=O)(=O)Nc1nncs1. The summed E-state index contributed by atoms with van der Waals surface area (Å²) < 4.78 is 39.0. The number of nitrogens with one attached hydrogen (secondary N) is 1. The Morgan fingerprint density at radius 2 is 2.18 bits per heavy atom. The van der Waals surface area contributed by atoms with E-state index in [1.807, 2.05) is 0 Å². The first-order valence-electron chi connectivity index (χ1n) is 4.54. The van der Waals surface area contributed by atoms with Gasteiger partial charge in [-0.3, -0.25) is 4.72 Å². The lowest BCUT2D eigenvalue weighted by Crippen LogP contribution is -2.14. The lowest BCUT2D eigenvalue weighted by molar-refractivity contribution is 0.598. The molecule has 1 N–H and O–H groups in total. The highest BCUT2D eigenvalue weighted by atomic mass is 32.2. The second-order valence-electron chi connectivity index (χ2n) is 3.26. The topological polar surface area (TPSA) is 72.0 Å². The first kappa shape index (κ1) is 11.9. The Morgan fingerprint density at radius 1 is 1.41 bits per heavy atom. The van der Waals surface area contributed by atoms with Crippen LogP contribution in [0.3, 0.4) is 0 Å². The molecule has 0 aliphatic heterocycles. The summed E-state index contributed by atoms with van der Waals surface area (Å²) in [5.74, 6) is -0.475. The minimum absolute atomic E-state index is 0.0223. The minimum atomic E-state index is -3.74. The molecular weight excluding hydrogens is 265 g/mol. The van der Waals surface area contributed by atoms with Crippen LogP contribution in [-0.2, 0) is 10.0 Å². The normalized spacial score (nSPS) is 11.4. The molecule has 1 aromatic carbocycles. The number of nitrogens with zero attached hydrogens (tertiary/aromatic N) is 2. The van der Waals surface area contributed by atoms with Crippen molar-refractivity contribution in [1.29, 1.82) is 0 Å². The summed E-state index contributed by atoms with van der Waals surface area (Å²) in [6, 6.07) is 3.48. The van der Waals surface area contributed by atoms with E-state index in [1.54, 1.807) is 0 Å². The third kappa shape index (κ3) is 2.59. The fourth-order valence-electron chi connectivity index (χ4n) is 1.30. The van der Waals surface area contributed by atoms with Crippen LogP contribution in [0.15, 0.2) is 28.6 Å². The predicted octanol–water partition coefficient (Wildman–Crippen LogP) is 1.79. The lowest BCUT2D eigenvalue weighted by atomic mass is 10.2. The van der Waals surface area contributed by atoms with Gasteiger partial charge < -0.3 is 0 Å². The van der Waals surface area contributed by atoms with Crippen LogP contribution in [-0.4, -0.2) is 18.6 Å². The molecule has 0 saturated carbocycles. The number of halogens is 1. The molecule has 0 amide bonds. The van der Waals surface area contributed by atoms with Gasteiger partial charge in [-0.25, -0.2) is 12.8 Å². The van der Waals surface area contributed by atoms with Crippen LogP contribution < -0.4 is 4.72 Å². The molecule has 0 unspecified atom stereocenters. The van der Waals surface area contributed by atoms with Crippen molar-refractivity contribution in [3.8, 4) is 0 Å². The van der Waals surface area contributed by atoms with Crippen molar-refractivity contribution in [2.24, 2.45) is 0 Å². The van der Waals surface area contributed by atoms with Gasteiger partial charge in [0, 0.05) is 0 Å². The Kier molecular flexibility index (Phi) is 3.07. The molecule has 0 radical (unpaired) electrons. The average molecular weight is 273 g/mol. The predicted molar refractivity (Wildman–Crippen MR) is 61.9 cm³/mol. The van der Waals surface area contributed by atoms with E-state index in [-0.39, 0.29) is 10.0 Å². The van der Waals surface area contributed by atoms with Gasteiger partial charge in [0.25, 0.3) is 10.0 Å². The number of aryl methyl sites for hydroxylation is 1. The fraction of sp³-hybridized carbons (Fsp3) is 0.111. The second kappa shape index (κ2) is 4.38. The molecule has 5 nitrogen and oxygen atoms in total. The van der Waals surface area contributed by atoms with Crippen molar-refractivity contribution in [1.82, 2.24) is 10.2 Å². The van der Waals surface area contributed by atoms with Crippen LogP contribution in [0.1, 0.15) is 5.56 Å². The molecule has 2 aromatic rings. The molecule has 1 heterocycles. The molecule has 8 heteroatoms. The van der Waals surface area contributed by atoms with E-state index >= 15 is 0 Å².